The Morgan fingerprint density at radius 3 is 2.60 bits per heavy atom. The summed E-state index contributed by atoms with van der Waals surface area (Å²) in [6.07, 6.45) is 3.57. The molecule has 1 amide bonds. The number of amides is 1. The molecule has 1 aliphatic carbocycles. The summed E-state index contributed by atoms with van der Waals surface area (Å²) in [5.74, 6) is 0.930. The highest BCUT2D eigenvalue weighted by atomic mass is 32.1. The van der Waals surface area contributed by atoms with Gasteiger partial charge in [-0.2, -0.15) is 0 Å². The van der Waals surface area contributed by atoms with E-state index in [1.54, 1.807) is 35.2 Å². The molecule has 0 bridgehead atoms. The summed E-state index contributed by atoms with van der Waals surface area (Å²) in [6.45, 7) is 0. The maximum atomic E-state index is 12.4. The predicted octanol–water partition coefficient (Wildman–Crippen LogP) is 3.07. The van der Waals surface area contributed by atoms with Gasteiger partial charge in [0.25, 0.3) is 11.6 Å². The number of carbonyl (C=O) groups is 1. The van der Waals surface area contributed by atoms with Crippen LogP contribution in [0.5, 0.6) is 0 Å². The first-order valence-electron chi connectivity index (χ1n) is 7.74. The van der Waals surface area contributed by atoms with E-state index >= 15 is 0 Å². The van der Waals surface area contributed by atoms with Gasteiger partial charge in [0.15, 0.2) is 5.11 Å². The number of nitro benzene ring substituents is 1. The van der Waals surface area contributed by atoms with Crippen molar-refractivity contribution in [1.29, 1.82) is 0 Å². The van der Waals surface area contributed by atoms with Gasteiger partial charge in [-0.15, -0.1) is 0 Å². The van der Waals surface area contributed by atoms with Crippen molar-refractivity contribution in [1.82, 2.24) is 10.2 Å². The maximum Gasteiger partial charge on any atom is 0.276 e. The van der Waals surface area contributed by atoms with Crippen molar-refractivity contribution in [3.05, 3.63) is 58.0 Å². The van der Waals surface area contributed by atoms with Gasteiger partial charge in [-0.3, -0.25) is 19.8 Å². The number of carbonyl (C=O) groups excluding carboxylic acids is 1. The van der Waals surface area contributed by atoms with Crippen LogP contribution in [-0.4, -0.2) is 26.9 Å². The third-order valence-corrected chi connectivity index (χ3v) is 4.40. The van der Waals surface area contributed by atoms with E-state index in [4.69, 9.17) is 16.6 Å². The fourth-order valence-electron chi connectivity index (χ4n) is 2.69. The van der Waals surface area contributed by atoms with Crippen molar-refractivity contribution in [3.63, 3.8) is 0 Å². The van der Waals surface area contributed by atoms with Gasteiger partial charge in [0.2, 0.25) is 0 Å². The molecule has 2 aromatic rings. The summed E-state index contributed by atoms with van der Waals surface area (Å²) in [4.78, 5) is 24.2. The quantitative estimate of drug-likeness (QED) is 0.392. The highest BCUT2D eigenvalue weighted by molar-refractivity contribution is 7.80. The lowest BCUT2D eigenvalue weighted by Gasteiger charge is -2.11. The van der Waals surface area contributed by atoms with Gasteiger partial charge in [0.05, 0.1) is 4.92 Å². The number of nitrogens with one attached hydrogen (secondary N) is 1. The smallest absolute Gasteiger partial charge is 0.276 e. The van der Waals surface area contributed by atoms with Crippen molar-refractivity contribution in [2.75, 3.05) is 0 Å². The average molecular weight is 355 g/mol. The monoisotopic (exact) mass is 355 g/mol. The number of nitro groups is 1. The number of hydrogen-bond acceptors (Lipinski definition) is 5. The number of thiocarbonyl (C=S) groups is 1. The number of non-ortho nitro benzene ring substituents is 1. The van der Waals surface area contributed by atoms with Gasteiger partial charge in [-0.1, -0.05) is 0 Å². The molecule has 4 rings (SSSR count). The molecule has 25 heavy (non-hydrogen) atoms. The molecular formula is C17H13N3O4S. The molecule has 2 heterocycles. The van der Waals surface area contributed by atoms with Crippen LogP contribution in [0, 0.1) is 10.1 Å². The number of furan rings is 1. The van der Waals surface area contributed by atoms with Crippen LogP contribution in [-0.2, 0) is 4.79 Å². The summed E-state index contributed by atoms with van der Waals surface area (Å²) in [5.41, 5.74) is 1.13. The molecule has 8 heteroatoms. The molecule has 1 saturated carbocycles. The highest BCUT2D eigenvalue weighted by Crippen LogP contribution is 2.31. The topological polar surface area (TPSA) is 88.6 Å². The third-order valence-electron chi connectivity index (χ3n) is 4.10. The Kier molecular flexibility index (Phi) is 3.61. The normalized spacial score (nSPS) is 18.7. The first-order valence-corrected chi connectivity index (χ1v) is 8.14. The van der Waals surface area contributed by atoms with Crippen molar-refractivity contribution in [2.45, 2.75) is 18.9 Å². The molecule has 0 unspecified atom stereocenters. The summed E-state index contributed by atoms with van der Waals surface area (Å²) in [6, 6.07) is 9.79. The van der Waals surface area contributed by atoms with Crippen LogP contribution >= 0.6 is 12.2 Å². The minimum Gasteiger partial charge on any atom is -0.457 e. The second kappa shape index (κ2) is 5.82. The van der Waals surface area contributed by atoms with Crippen LogP contribution in [0.1, 0.15) is 18.6 Å². The number of hydrogen-bond donors (Lipinski definition) is 1. The van der Waals surface area contributed by atoms with Crippen molar-refractivity contribution < 1.29 is 14.1 Å². The Balaban J connectivity index is 1.56. The van der Waals surface area contributed by atoms with Gasteiger partial charge < -0.3 is 9.73 Å². The molecule has 0 spiro atoms. The predicted molar refractivity (Wildman–Crippen MR) is 94.4 cm³/mol. The molecule has 1 aliphatic heterocycles. The lowest BCUT2D eigenvalue weighted by atomic mass is 10.1. The number of rotatable bonds is 4. The lowest BCUT2D eigenvalue weighted by Crippen LogP contribution is -2.32. The maximum absolute atomic E-state index is 12.4. The van der Waals surface area contributed by atoms with Gasteiger partial charge in [-0.25, -0.2) is 0 Å². The van der Waals surface area contributed by atoms with E-state index < -0.39 is 4.92 Å². The second-order valence-electron chi connectivity index (χ2n) is 5.90. The molecule has 0 radical (unpaired) electrons. The Hall–Kier alpha value is -3.00. The van der Waals surface area contributed by atoms with Gasteiger partial charge in [0.1, 0.15) is 17.2 Å². The standard InChI is InChI=1S/C17H13N3O4S/c21-16-14(18-17(25)19(16)11-5-6-11)9-13-7-8-15(24-13)10-1-3-12(4-2-10)20(22)23/h1-4,7-9,11H,5-6H2,(H,18,25)/b14-9+. The molecular weight excluding hydrogens is 342 g/mol. The van der Waals surface area contributed by atoms with E-state index in [1.165, 1.54) is 12.1 Å². The molecule has 1 aromatic heterocycles. The van der Waals surface area contributed by atoms with Crippen molar-refractivity contribution in [3.8, 4) is 11.3 Å². The van der Waals surface area contributed by atoms with E-state index in [2.05, 4.69) is 5.32 Å². The molecule has 2 aliphatic rings. The van der Waals surface area contributed by atoms with Gasteiger partial charge in [0, 0.05) is 29.8 Å². The minimum absolute atomic E-state index is 0.0204. The Labute approximate surface area is 148 Å². The first kappa shape index (κ1) is 15.5. The van der Waals surface area contributed by atoms with E-state index in [-0.39, 0.29) is 17.6 Å². The first-order chi connectivity index (χ1) is 12.0. The van der Waals surface area contributed by atoms with Gasteiger partial charge >= 0.3 is 0 Å². The molecule has 7 nitrogen and oxygen atoms in total. The van der Waals surface area contributed by atoms with E-state index in [0.717, 1.165) is 18.4 Å². The van der Waals surface area contributed by atoms with Crippen LogP contribution in [0.2, 0.25) is 0 Å². The van der Waals surface area contributed by atoms with Crippen molar-refractivity contribution in [2.24, 2.45) is 0 Å². The average Bonchev–Trinajstić information content (AvgIpc) is 3.24. The number of nitrogens with zero attached hydrogens (tertiary/aromatic N) is 2. The Morgan fingerprint density at radius 2 is 1.96 bits per heavy atom. The summed E-state index contributed by atoms with van der Waals surface area (Å²) in [5, 5.41) is 14.1. The summed E-state index contributed by atoms with van der Waals surface area (Å²) >= 11 is 5.21. The SMILES string of the molecule is O=C1/C(=C\c2ccc(-c3ccc([N+](=O)[O-])cc3)o2)NC(=S)N1C1CC1. The Morgan fingerprint density at radius 1 is 1.24 bits per heavy atom. The third kappa shape index (κ3) is 2.91. The number of benzene rings is 1. The zero-order chi connectivity index (χ0) is 17.6. The summed E-state index contributed by atoms with van der Waals surface area (Å²) in [7, 11) is 0. The van der Waals surface area contributed by atoms with E-state index in [0.29, 0.717) is 22.3 Å². The molecule has 1 N–H and O–H groups in total. The zero-order valence-corrected chi connectivity index (χ0v) is 13.8. The summed E-state index contributed by atoms with van der Waals surface area (Å²) < 4.78 is 5.73. The molecule has 1 aromatic carbocycles. The molecule has 2 fully saturated rings. The fourth-order valence-corrected chi connectivity index (χ4v) is 3.03. The van der Waals surface area contributed by atoms with Gasteiger partial charge in [-0.05, 0) is 49.3 Å². The van der Waals surface area contributed by atoms with Crippen LogP contribution in [0.4, 0.5) is 5.69 Å². The largest absolute Gasteiger partial charge is 0.457 e. The van der Waals surface area contributed by atoms with Crippen molar-refractivity contribution >= 4 is 35.0 Å². The molecule has 1 saturated heterocycles. The van der Waals surface area contributed by atoms with E-state index in [9.17, 15) is 14.9 Å². The van der Waals surface area contributed by atoms with E-state index in [1.807, 2.05) is 0 Å². The lowest BCUT2D eigenvalue weighted by molar-refractivity contribution is -0.384. The van der Waals surface area contributed by atoms with Crippen LogP contribution in [0.15, 0.2) is 46.5 Å². The zero-order valence-electron chi connectivity index (χ0n) is 13.0. The van der Waals surface area contributed by atoms with Crippen LogP contribution in [0.3, 0.4) is 0 Å². The van der Waals surface area contributed by atoms with Crippen LogP contribution < -0.4 is 5.32 Å². The Bertz CT molecular complexity index is 912. The molecule has 126 valence electrons. The second-order valence-corrected chi connectivity index (χ2v) is 6.29. The fraction of sp³-hybridized carbons (Fsp3) is 0.176. The van der Waals surface area contributed by atoms with Crippen LogP contribution in [0.25, 0.3) is 17.4 Å². The molecule has 0 atom stereocenters. The minimum atomic E-state index is -0.451. The highest BCUT2D eigenvalue weighted by Gasteiger charge is 2.41.